The molecule has 0 spiro atoms. The lowest BCUT2D eigenvalue weighted by Gasteiger charge is -2.25. The Balaban J connectivity index is 1.48. The smallest absolute Gasteiger partial charge is 0.345 e. The maximum absolute atomic E-state index is 13.6. The van der Waals surface area contributed by atoms with Crippen molar-refractivity contribution in [1.29, 1.82) is 0 Å². The topological polar surface area (TPSA) is 120 Å². The number of carbonyl (C=O) groups is 2. The van der Waals surface area contributed by atoms with Crippen molar-refractivity contribution in [2.75, 3.05) is 0 Å². The number of cyclic esters (lactones) is 1. The summed E-state index contributed by atoms with van der Waals surface area (Å²) >= 11 is 0. The molecule has 0 saturated heterocycles. The maximum Gasteiger partial charge on any atom is 0.345 e. The minimum Gasteiger partial charge on any atom is -0.481 e. The van der Waals surface area contributed by atoms with E-state index < -0.39 is 29.5 Å². The Morgan fingerprint density at radius 3 is 2.71 bits per heavy atom. The molecule has 190 valence electrons. The number of aromatic nitrogens is 2. The molecule has 2 aliphatic rings. The fraction of sp³-hybridized carbons (Fsp3) is 0.207. The standard InChI is InChI=1S/C29H23N3O6/c1-2-29(13-24(33)34)21-12-23-26-20(15-32(23)27(35)25(21)28(36)38-29)19(18-10-6-7-11-22(18)31-26)14-30-37-16-17-8-4-3-5-9-17/h3-12,14H,2,13,15-16H2,1H3,(H,33,34). The normalized spacial score (nSPS) is 17.3. The number of rotatable bonds is 7. The van der Waals surface area contributed by atoms with Crippen LogP contribution in [0.4, 0.5) is 0 Å². The van der Waals surface area contributed by atoms with Gasteiger partial charge in [0.2, 0.25) is 0 Å². The molecule has 2 aromatic carbocycles. The molecule has 0 fully saturated rings. The van der Waals surface area contributed by atoms with Crippen LogP contribution in [-0.4, -0.2) is 32.8 Å². The number of esters is 1. The highest BCUT2D eigenvalue weighted by Gasteiger charge is 2.49. The van der Waals surface area contributed by atoms with E-state index in [1.54, 1.807) is 19.2 Å². The largest absolute Gasteiger partial charge is 0.481 e. The van der Waals surface area contributed by atoms with E-state index in [1.165, 1.54) is 4.57 Å². The van der Waals surface area contributed by atoms with Crippen LogP contribution in [0.25, 0.3) is 22.3 Å². The average molecular weight is 510 g/mol. The van der Waals surface area contributed by atoms with Gasteiger partial charge in [0.05, 0.1) is 36.1 Å². The van der Waals surface area contributed by atoms with Crippen LogP contribution in [0, 0.1) is 0 Å². The summed E-state index contributed by atoms with van der Waals surface area (Å²) in [5, 5.41) is 14.6. The molecule has 0 saturated carbocycles. The number of ether oxygens (including phenoxy) is 1. The summed E-state index contributed by atoms with van der Waals surface area (Å²) in [7, 11) is 0. The molecule has 2 aliphatic heterocycles. The first-order chi connectivity index (χ1) is 18.4. The summed E-state index contributed by atoms with van der Waals surface area (Å²) in [5.74, 6) is -1.92. The van der Waals surface area contributed by atoms with E-state index in [0.717, 1.165) is 22.1 Å². The minimum absolute atomic E-state index is 0.115. The Bertz CT molecular complexity index is 1710. The fourth-order valence-electron chi connectivity index (χ4n) is 5.33. The van der Waals surface area contributed by atoms with Crippen molar-refractivity contribution >= 4 is 29.1 Å². The maximum atomic E-state index is 13.6. The molecule has 0 amide bonds. The van der Waals surface area contributed by atoms with Gasteiger partial charge in [0.25, 0.3) is 5.56 Å². The number of carboxylic acids is 1. The Labute approximate surface area is 217 Å². The molecule has 1 unspecified atom stereocenters. The van der Waals surface area contributed by atoms with E-state index in [1.807, 2.05) is 54.6 Å². The highest BCUT2D eigenvalue weighted by atomic mass is 16.6. The molecule has 9 heteroatoms. The Kier molecular flexibility index (Phi) is 5.56. The van der Waals surface area contributed by atoms with Gasteiger partial charge < -0.3 is 19.2 Å². The molecule has 38 heavy (non-hydrogen) atoms. The number of pyridine rings is 2. The molecule has 9 nitrogen and oxygen atoms in total. The predicted molar refractivity (Wildman–Crippen MR) is 139 cm³/mol. The second-order valence-electron chi connectivity index (χ2n) is 9.38. The molecule has 0 radical (unpaired) electrons. The number of para-hydroxylation sites is 1. The number of aliphatic carboxylic acids is 1. The van der Waals surface area contributed by atoms with Crippen LogP contribution < -0.4 is 5.56 Å². The van der Waals surface area contributed by atoms with Crippen molar-refractivity contribution in [2.45, 2.75) is 38.5 Å². The molecular formula is C29H23N3O6. The van der Waals surface area contributed by atoms with Crippen molar-refractivity contribution in [2.24, 2.45) is 5.16 Å². The molecule has 4 heterocycles. The van der Waals surface area contributed by atoms with Crippen molar-refractivity contribution in [3.63, 3.8) is 0 Å². The first-order valence-electron chi connectivity index (χ1n) is 12.3. The van der Waals surface area contributed by atoms with Gasteiger partial charge in [0.15, 0.2) is 0 Å². The number of fused-ring (bicyclic) bond motifs is 5. The van der Waals surface area contributed by atoms with Gasteiger partial charge >= 0.3 is 11.9 Å². The van der Waals surface area contributed by atoms with Crippen LogP contribution in [0.2, 0.25) is 0 Å². The number of hydrogen-bond acceptors (Lipinski definition) is 7. The van der Waals surface area contributed by atoms with Crippen LogP contribution in [0.5, 0.6) is 0 Å². The molecule has 4 aromatic rings. The van der Waals surface area contributed by atoms with Gasteiger partial charge in [-0.25, -0.2) is 9.78 Å². The lowest BCUT2D eigenvalue weighted by Crippen LogP contribution is -2.30. The average Bonchev–Trinajstić information content (AvgIpc) is 3.42. The monoisotopic (exact) mass is 509 g/mol. The van der Waals surface area contributed by atoms with Crippen molar-refractivity contribution in [3.8, 4) is 11.4 Å². The van der Waals surface area contributed by atoms with E-state index in [-0.39, 0.29) is 18.5 Å². The first kappa shape index (κ1) is 23.6. The van der Waals surface area contributed by atoms with Crippen LogP contribution in [0.15, 0.2) is 70.6 Å². The zero-order valence-corrected chi connectivity index (χ0v) is 20.5. The minimum atomic E-state index is -1.40. The van der Waals surface area contributed by atoms with E-state index in [2.05, 4.69) is 5.16 Å². The van der Waals surface area contributed by atoms with E-state index >= 15 is 0 Å². The van der Waals surface area contributed by atoms with Crippen molar-refractivity contribution in [1.82, 2.24) is 9.55 Å². The number of oxime groups is 1. The zero-order valence-electron chi connectivity index (χ0n) is 20.5. The number of carboxylic acid groups (broad SMARTS) is 1. The molecule has 0 bridgehead atoms. The summed E-state index contributed by atoms with van der Waals surface area (Å²) in [6, 6.07) is 19.0. The number of hydrogen-bond donors (Lipinski definition) is 1. The zero-order chi connectivity index (χ0) is 26.4. The van der Waals surface area contributed by atoms with E-state index in [0.29, 0.717) is 29.1 Å². The summed E-state index contributed by atoms with van der Waals surface area (Å²) in [4.78, 5) is 48.4. The molecule has 1 N–H and O–H groups in total. The van der Waals surface area contributed by atoms with Gasteiger partial charge in [-0.15, -0.1) is 0 Å². The number of benzene rings is 2. The summed E-state index contributed by atoms with van der Waals surface area (Å²) < 4.78 is 7.02. The third-order valence-corrected chi connectivity index (χ3v) is 7.22. The van der Waals surface area contributed by atoms with Gasteiger partial charge in [-0.2, -0.15) is 0 Å². The second kappa shape index (κ2) is 8.95. The van der Waals surface area contributed by atoms with E-state index in [9.17, 15) is 19.5 Å². The quantitative estimate of drug-likeness (QED) is 0.198. The lowest BCUT2D eigenvalue weighted by atomic mass is 9.87. The summed E-state index contributed by atoms with van der Waals surface area (Å²) in [6.45, 7) is 2.22. The van der Waals surface area contributed by atoms with Gasteiger partial charge in [-0.3, -0.25) is 9.59 Å². The lowest BCUT2D eigenvalue weighted by molar-refractivity contribution is -0.142. The SMILES string of the molecule is CCC1(CC(=O)O)OC(=O)c2c1cc1n(c2=O)Cc2c-1nc1ccccc1c2C=NOCc1ccccc1. The number of nitrogens with zero attached hydrogens (tertiary/aromatic N) is 3. The second-order valence-corrected chi connectivity index (χ2v) is 9.38. The van der Waals surface area contributed by atoms with Crippen LogP contribution in [0.1, 0.15) is 52.4 Å². The Morgan fingerprint density at radius 2 is 1.95 bits per heavy atom. The molecule has 2 aromatic heterocycles. The van der Waals surface area contributed by atoms with Crippen LogP contribution in [-0.2, 0) is 33.1 Å². The highest BCUT2D eigenvalue weighted by molar-refractivity contribution is 6.02. The molecular weight excluding hydrogens is 486 g/mol. The summed E-state index contributed by atoms with van der Waals surface area (Å²) in [5.41, 5.74) is 2.57. The Hall–Kier alpha value is -4.79. The predicted octanol–water partition coefficient (Wildman–Crippen LogP) is 4.23. The molecule has 6 rings (SSSR count). The van der Waals surface area contributed by atoms with Crippen LogP contribution >= 0.6 is 0 Å². The van der Waals surface area contributed by atoms with Gasteiger partial charge in [0, 0.05) is 22.1 Å². The highest BCUT2D eigenvalue weighted by Crippen LogP contribution is 2.44. The van der Waals surface area contributed by atoms with Crippen molar-refractivity contribution in [3.05, 3.63) is 98.8 Å². The summed E-state index contributed by atoms with van der Waals surface area (Å²) in [6.07, 6.45) is 1.42. The third kappa shape index (κ3) is 3.66. The third-order valence-electron chi connectivity index (χ3n) is 7.22. The van der Waals surface area contributed by atoms with Crippen LogP contribution in [0.3, 0.4) is 0 Å². The van der Waals surface area contributed by atoms with Gasteiger partial charge in [0.1, 0.15) is 17.8 Å². The van der Waals surface area contributed by atoms with E-state index in [4.69, 9.17) is 14.6 Å². The molecule has 0 aliphatic carbocycles. The Morgan fingerprint density at radius 1 is 1.18 bits per heavy atom. The molecule has 1 atom stereocenters. The van der Waals surface area contributed by atoms with Gasteiger partial charge in [-0.1, -0.05) is 60.6 Å². The number of carbonyl (C=O) groups excluding carboxylic acids is 1. The first-order valence-corrected chi connectivity index (χ1v) is 12.3. The van der Waals surface area contributed by atoms with Gasteiger partial charge in [-0.05, 0) is 24.1 Å². The fourth-order valence-corrected chi connectivity index (χ4v) is 5.33. The van der Waals surface area contributed by atoms with Crippen molar-refractivity contribution < 1.29 is 24.3 Å².